The predicted molar refractivity (Wildman–Crippen MR) is 73.5 cm³/mol. The first kappa shape index (κ1) is 13.8. The Kier molecular flexibility index (Phi) is 5.01. The number of carbonyl (C=O) groups excluding carboxylic acids is 1. The average molecular weight is 253 g/mol. The minimum atomic E-state index is 0.189. The molecule has 4 heteroatoms. The van der Waals surface area contributed by atoms with Gasteiger partial charge in [0.05, 0.1) is 6.54 Å². The molecule has 2 unspecified atom stereocenters. The van der Waals surface area contributed by atoms with E-state index in [-0.39, 0.29) is 5.91 Å². The van der Waals surface area contributed by atoms with Crippen molar-refractivity contribution in [2.45, 2.75) is 64.1 Å². The van der Waals surface area contributed by atoms with Crippen molar-refractivity contribution in [2.75, 3.05) is 19.6 Å². The van der Waals surface area contributed by atoms with E-state index in [1.54, 1.807) is 0 Å². The quantitative estimate of drug-likeness (QED) is 0.714. The van der Waals surface area contributed by atoms with Gasteiger partial charge in [-0.25, -0.2) is 0 Å². The van der Waals surface area contributed by atoms with Gasteiger partial charge in [-0.05, 0) is 45.6 Å². The summed E-state index contributed by atoms with van der Waals surface area (Å²) in [6.45, 7) is 6.93. The Morgan fingerprint density at radius 1 is 1.44 bits per heavy atom. The maximum absolute atomic E-state index is 12.0. The van der Waals surface area contributed by atoms with Crippen LogP contribution in [-0.4, -0.2) is 48.6 Å². The second-order valence-electron chi connectivity index (χ2n) is 5.83. The van der Waals surface area contributed by atoms with Crippen LogP contribution in [0.3, 0.4) is 0 Å². The van der Waals surface area contributed by atoms with Gasteiger partial charge in [0.1, 0.15) is 0 Å². The van der Waals surface area contributed by atoms with E-state index in [0.29, 0.717) is 24.7 Å². The second kappa shape index (κ2) is 6.53. The molecule has 1 saturated carbocycles. The summed E-state index contributed by atoms with van der Waals surface area (Å²) >= 11 is 0. The summed E-state index contributed by atoms with van der Waals surface area (Å²) < 4.78 is 0. The van der Waals surface area contributed by atoms with Crippen LogP contribution in [0.4, 0.5) is 0 Å². The lowest BCUT2D eigenvalue weighted by Gasteiger charge is -2.25. The van der Waals surface area contributed by atoms with Gasteiger partial charge in [0, 0.05) is 24.7 Å². The molecule has 2 fully saturated rings. The number of nitrogens with one attached hydrogen (secondary N) is 2. The number of rotatable bonds is 7. The minimum Gasteiger partial charge on any atom is -0.353 e. The van der Waals surface area contributed by atoms with E-state index in [1.165, 1.54) is 25.7 Å². The molecule has 2 N–H and O–H groups in total. The Hall–Kier alpha value is -0.610. The van der Waals surface area contributed by atoms with Crippen LogP contribution in [-0.2, 0) is 4.79 Å². The maximum atomic E-state index is 12.0. The fourth-order valence-corrected chi connectivity index (χ4v) is 2.59. The molecule has 0 radical (unpaired) electrons. The van der Waals surface area contributed by atoms with Crippen molar-refractivity contribution in [3.63, 3.8) is 0 Å². The standard InChI is InChI=1S/C14H27N3O/c1-3-11(2)16-14(18)10-17(13-6-7-13)9-12-5-4-8-15-12/h11-13,15H,3-10H2,1-2H3,(H,16,18). The van der Waals surface area contributed by atoms with E-state index >= 15 is 0 Å². The fourth-order valence-electron chi connectivity index (χ4n) is 2.59. The van der Waals surface area contributed by atoms with Crippen molar-refractivity contribution in [2.24, 2.45) is 0 Å². The molecule has 1 aliphatic heterocycles. The molecule has 18 heavy (non-hydrogen) atoms. The maximum Gasteiger partial charge on any atom is 0.234 e. The van der Waals surface area contributed by atoms with E-state index in [2.05, 4.69) is 29.4 Å². The summed E-state index contributed by atoms with van der Waals surface area (Å²) in [6.07, 6.45) is 6.07. The summed E-state index contributed by atoms with van der Waals surface area (Å²) in [7, 11) is 0. The number of carbonyl (C=O) groups is 1. The Balaban J connectivity index is 1.76. The smallest absolute Gasteiger partial charge is 0.234 e. The van der Waals surface area contributed by atoms with Crippen LogP contribution >= 0.6 is 0 Å². The van der Waals surface area contributed by atoms with Crippen molar-refractivity contribution in [3.8, 4) is 0 Å². The Labute approximate surface area is 110 Å². The molecule has 0 aromatic rings. The van der Waals surface area contributed by atoms with Gasteiger partial charge in [-0.15, -0.1) is 0 Å². The molecule has 0 bridgehead atoms. The van der Waals surface area contributed by atoms with Gasteiger partial charge < -0.3 is 10.6 Å². The van der Waals surface area contributed by atoms with Crippen LogP contribution in [0.1, 0.15) is 46.0 Å². The summed E-state index contributed by atoms with van der Waals surface area (Å²) in [5.41, 5.74) is 0. The molecule has 1 heterocycles. The van der Waals surface area contributed by atoms with E-state index in [4.69, 9.17) is 0 Å². The molecule has 2 atom stereocenters. The summed E-state index contributed by atoms with van der Waals surface area (Å²) in [6, 6.07) is 1.56. The van der Waals surface area contributed by atoms with Crippen LogP contribution in [0.5, 0.6) is 0 Å². The van der Waals surface area contributed by atoms with E-state index in [1.807, 2.05) is 0 Å². The highest BCUT2D eigenvalue weighted by Crippen LogP contribution is 2.27. The Morgan fingerprint density at radius 2 is 2.22 bits per heavy atom. The molecule has 1 aliphatic carbocycles. The SMILES string of the molecule is CCC(C)NC(=O)CN(CC1CCCN1)C1CC1. The van der Waals surface area contributed by atoms with Crippen LogP contribution < -0.4 is 10.6 Å². The Bertz CT molecular complexity index is 272. The molecule has 0 aromatic carbocycles. The minimum absolute atomic E-state index is 0.189. The lowest BCUT2D eigenvalue weighted by atomic mass is 10.2. The molecule has 2 aliphatic rings. The van der Waals surface area contributed by atoms with Crippen LogP contribution in [0.25, 0.3) is 0 Å². The number of nitrogens with zero attached hydrogens (tertiary/aromatic N) is 1. The number of hydrogen-bond donors (Lipinski definition) is 2. The second-order valence-corrected chi connectivity index (χ2v) is 5.83. The van der Waals surface area contributed by atoms with Gasteiger partial charge >= 0.3 is 0 Å². The number of hydrogen-bond acceptors (Lipinski definition) is 3. The van der Waals surface area contributed by atoms with Crippen molar-refractivity contribution in [1.82, 2.24) is 15.5 Å². The highest BCUT2D eigenvalue weighted by molar-refractivity contribution is 5.78. The molecule has 1 amide bonds. The van der Waals surface area contributed by atoms with Crippen molar-refractivity contribution in [3.05, 3.63) is 0 Å². The molecule has 0 spiro atoms. The molecule has 104 valence electrons. The summed E-state index contributed by atoms with van der Waals surface area (Å²) in [5, 5.41) is 6.59. The van der Waals surface area contributed by atoms with E-state index in [0.717, 1.165) is 19.5 Å². The zero-order chi connectivity index (χ0) is 13.0. The molecule has 0 aromatic heterocycles. The zero-order valence-electron chi connectivity index (χ0n) is 11.7. The number of amides is 1. The van der Waals surface area contributed by atoms with Gasteiger partial charge in [0.2, 0.25) is 5.91 Å². The lowest BCUT2D eigenvalue weighted by molar-refractivity contribution is -0.123. The largest absolute Gasteiger partial charge is 0.353 e. The highest BCUT2D eigenvalue weighted by Gasteiger charge is 2.32. The summed E-state index contributed by atoms with van der Waals surface area (Å²) in [4.78, 5) is 14.3. The molecule has 4 nitrogen and oxygen atoms in total. The third kappa shape index (κ3) is 4.25. The first-order chi connectivity index (χ1) is 8.69. The van der Waals surface area contributed by atoms with Crippen molar-refractivity contribution in [1.29, 1.82) is 0 Å². The molecule has 1 saturated heterocycles. The molecule has 2 rings (SSSR count). The van der Waals surface area contributed by atoms with E-state index in [9.17, 15) is 4.79 Å². The zero-order valence-corrected chi connectivity index (χ0v) is 11.7. The van der Waals surface area contributed by atoms with Crippen LogP contribution in [0.15, 0.2) is 0 Å². The first-order valence-electron chi connectivity index (χ1n) is 7.45. The average Bonchev–Trinajstić information content (AvgIpc) is 3.07. The van der Waals surface area contributed by atoms with Crippen LogP contribution in [0, 0.1) is 0 Å². The first-order valence-corrected chi connectivity index (χ1v) is 7.45. The third-order valence-electron chi connectivity index (χ3n) is 4.05. The monoisotopic (exact) mass is 253 g/mol. The Morgan fingerprint density at radius 3 is 2.78 bits per heavy atom. The predicted octanol–water partition coefficient (Wildman–Crippen LogP) is 1.12. The topological polar surface area (TPSA) is 44.4 Å². The van der Waals surface area contributed by atoms with Gasteiger partial charge in [0.15, 0.2) is 0 Å². The van der Waals surface area contributed by atoms with Crippen molar-refractivity contribution < 1.29 is 4.79 Å². The third-order valence-corrected chi connectivity index (χ3v) is 4.05. The van der Waals surface area contributed by atoms with Gasteiger partial charge in [-0.2, -0.15) is 0 Å². The van der Waals surface area contributed by atoms with Crippen molar-refractivity contribution >= 4 is 5.91 Å². The lowest BCUT2D eigenvalue weighted by Crippen LogP contribution is -2.45. The normalized spacial score (nSPS) is 25.4. The fraction of sp³-hybridized carbons (Fsp3) is 0.929. The van der Waals surface area contributed by atoms with Gasteiger partial charge in [-0.1, -0.05) is 6.92 Å². The molecular formula is C14H27N3O. The molecular weight excluding hydrogens is 226 g/mol. The van der Waals surface area contributed by atoms with Gasteiger partial charge in [0.25, 0.3) is 0 Å². The summed E-state index contributed by atoms with van der Waals surface area (Å²) in [5.74, 6) is 0.189. The van der Waals surface area contributed by atoms with Crippen LogP contribution in [0.2, 0.25) is 0 Å². The van der Waals surface area contributed by atoms with Gasteiger partial charge in [-0.3, -0.25) is 9.69 Å². The van der Waals surface area contributed by atoms with E-state index < -0.39 is 0 Å². The highest BCUT2D eigenvalue weighted by atomic mass is 16.2.